The lowest BCUT2D eigenvalue weighted by Crippen LogP contribution is -2.43. The Kier molecular flexibility index (Phi) is 3.08. The molecule has 2 atom stereocenters. The minimum atomic E-state index is -4.89. The highest BCUT2D eigenvalue weighted by atomic mass is 19.4. The molecule has 2 unspecified atom stereocenters. The van der Waals surface area contributed by atoms with Gasteiger partial charge in [-0.15, -0.1) is 0 Å². The Morgan fingerprint density at radius 3 is 2.44 bits per heavy atom. The number of carboxylic acids is 1. The highest BCUT2D eigenvalue weighted by Crippen LogP contribution is 2.51. The van der Waals surface area contributed by atoms with Crippen molar-refractivity contribution in [3.8, 4) is 0 Å². The number of carbonyl (C=O) groups is 2. The number of ketones is 1. The Hall–Kier alpha value is -1.53. The Labute approximate surface area is 101 Å². The molecule has 0 bridgehead atoms. The number of hydrogen-bond donors (Lipinski definition) is 2. The quantitative estimate of drug-likeness (QED) is 0.806. The van der Waals surface area contributed by atoms with Crippen molar-refractivity contribution in [1.29, 1.82) is 0 Å². The molecule has 0 aromatic heterocycles. The van der Waals surface area contributed by atoms with Crippen LogP contribution in [0.5, 0.6) is 0 Å². The van der Waals surface area contributed by atoms with Gasteiger partial charge >= 0.3 is 12.1 Å². The molecule has 0 amide bonds. The molecule has 2 aliphatic carbocycles. The van der Waals surface area contributed by atoms with Crippen LogP contribution in [0.25, 0.3) is 0 Å². The van der Waals surface area contributed by atoms with Crippen LogP contribution in [0, 0.1) is 11.8 Å². The third kappa shape index (κ3) is 2.09. The molecule has 7 heteroatoms. The Balaban J connectivity index is 2.21. The molecule has 0 aromatic carbocycles. The van der Waals surface area contributed by atoms with Gasteiger partial charge in [0.25, 0.3) is 5.78 Å². The summed E-state index contributed by atoms with van der Waals surface area (Å²) in [6.45, 7) is -0.465. The highest BCUT2D eigenvalue weighted by Gasteiger charge is 2.53. The number of fused-ring (bicyclic) bond motifs is 1. The first-order valence-electron chi connectivity index (χ1n) is 5.63. The van der Waals surface area contributed by atoms with Crippen LogP contribution >= 0.6 is 0 Å². The summed E-state index contributed by atoms with van der Waals surface area (Å²) in [5.74, 6) is -3.46. The molecule has 100 valence electrons. The maximum Gasteiger partial charge on any atom is 0.454 e. The number of aliphatic carboxylic acids is 1. The summed E-state index contributed by atoms with van der Waals surface area (Å²) >= 11 is 0. The van der Waals surface area contributed by atoms with Gasteiger partial charge in [0.1, 0.15) is 6.54 Å². The van der Waals surface area contributed by atoms with E-state index in [-0.39, 0.29) is 23.1 Å². The van der Waals surface area contributed by atoms with Crippen LogP contribution in [0.2, 0.25) is 0 Å². The summed E-state index contributed by atoms with van der Waals surface area (Å²) < 4.78 is 37.3. The van der Waals surface area contributed by atoms with Gasteiger partial charge in [0.05, 0.1) is 0 Å². The summed E-state index contributed by atoms with van der Waals surface area (Å²) in [7, 11) is 0. The first kappa shape index (κ1) is 12.9. The molecule has 2 rings (SSSR count). The molecular formula is C11H12F3NO3. The zero-order chi connectivity index (χ0) is 13.5. The van der Waals surface area contributed by atoms with Crippen LogP contribution in [0.15, 0.2) is 11.3 Å². The van der Waals surface area contributed by atoms with Gasteiger partial charge in [0.15, 0.2) is 0 Å². The Morgan fingerprint density at radius 1 is 1.28 bits per heavy atom. The second-order valence-corrected chi connectivity index (χ2v) is 4.55. The van der Waals surface area contributed by atoms with Crippen molar-refractivity contribution in [2.45, 2.75) is 25.4 Å². The zero-order valence-electron chi connectivity index (χ0n) is 9.38. The van der Waals surface area contributed by atoms with E-state index in [1.165, 1.54) is 0 Å². The van der Waals surface area contributed by atoms with E-state index in [1.54, 1.807) is 0 Å². The average molecular weight is 263 g/mol. The molecule has 1 saturated carbocycles. The van der Waals surface area contributed by atoms with Gasteiger partial charge in [0, 0.05) is 17.2 Å². The maximum absolute atomic E-state index is 12.4. The third-order valence-electron chi connectivity index (χ3n) is 3.48. The number of alkyl halides is 3. The van der Waals surface area contributed by atoms with Crippen molar-refractivity contribution < 1.29 is 27.9 Å². The molecule has 0 radical (unpaired) electrons. The Bertz CT molecular complexity index is 428. The lowest BCUT2D eigenvalue weighted by atomic mass is 9.71. The molecule has 1 fully saturated rings. The van der Waals surface area contributed by atoms with Crippen LogP contribution in [-0.4, -0.2) is 29.6 Å². The molecule has 18 heavy (non-hydrogen) atoms. The van der Waals surface area contributed by atoms with Gasteiger partial charge in [-0.2, -0.15) is 13.2 Å². The number of allylic oxidation sites excluding steroid dienone is 2. The SMILES string of the molecule is O=C(O)CNC1=C(C(=O)C(F)(F)F)C2CCCC12. The van der Waals surface area contributed by atoms with Gasteiger partial charge in [0.2, 0.25) is 0 Å². The van der Waals surface area contributed by atoms with E-state index in [1.807, 2.05) is 0 Å². The molecule has 4 nitrogen and oxygen atoms in total. The highest BCUT2D eigenvalue weighted by molar-refractivity contribution is 6.02. The fourth-order valence-electron chi connectivity index (χ4n) is 2.79. The van der Waals surface area contributed by atoms with E-state index in [9.17, 15) is 22.8 Å². The summed E-state index contributed by atoms with van der Waals surface area (Å²) in [6, 6.07) is 0. The van der Waals surface area contributed by atoms with Crippen molar-refractivity contribution in [3.63, 3.8) is 0 Å². The summed E-state index contributed by atoms with van der Waals surface area (Å²) in [6.07, 6.45) is -2.84. The number of nitrogens with one attached hydrogen (secondary N) is 1. The average Bonchev–Trinajstić information content (AvgIpc) is 2.61. The number of carboxylic acid groups (broad SMARTS) is 1. The molecular weight excluding hydrogens is 251 g/mol. The summed E-state index contributed by atoms with van der Waals surface area (Å²) in [4.78, 5) is 21.7. The standard InChI is InChI=1S/C11H12F3NO3/c12-11(13,14)10(18)8-5-2-1-3-6(5)9(8)15-4-7(16)17/h5-6,15H,1-4H2,(H,16,17). The van der Waals surface area contributed by atoms with Crippen LogP contribution in [0.1, 0.15) is 19.3 Å². The molecule has 0 saturated heterocycles. The first-order valence-corrected chi connectivity index (χ1v) is 5.63. The van der Waals surface area contributed by atoms with E-state index in [0.29, 0.717) is 12.8 Å². The first-order chi connectivity index (χ1) is 8.32. The lowest BCUT2D eigenvalue weighted by Gasteiger charge is -2.37. The van der Waals surface area contributed by atoms with E-state index in [0.717, 1.165) is 6.42 Å². The minimum absolute atomic E-state index is 0.106. The van der Waals surface area contributed by atoms with Crippen LogP contribution in [0.4, 0.5) is 13.2 Å². The molecule has 0 aromatic rings. The lowest BCUT2D eigenvalue weighted by molar-refractivity contribution is -0.168. The van der Waals surface area contributed by atoms with Crippen molar-refractivity contribution in [3.05, 3.63) is 11.3 Å². The van der Waals surface area contributed by atoms with Crippen LogP contribution in [-0.2, 0) is 9.59 Å². The predicted molar refractivity (Wildman–Crippen MR) is 54.6 cm³/mol. The Morgan fingerprint density at radius 2 is 1.89 bits per heavy atom. The van der Waals surface area contributed by atoms with Gasteiger partial charge in [-0.3, -0.25) is 9.59 Å². The monoisotopic (exact) mass is 263 g/mol. The summed E-state index contributed by atoms with van der Waals surface area (Å²) in [5, 5.41) is 11.0. The second-order valence-electron chi connectivity index (χ2n) is 4.55. The molecule has 0 aliphatic heterocycles. The van der Waals surface area contributed by atoms with Gasteiger partial charge in [-0.05, 0) is 18.8 Å². The minimum Gasteiger partial charge on any atom is -0.480 e. The van der Waals surface area contributed by atoms with Crippen molar-refractivity contribution in [2.24, 2.45) is 11.8 Å². The van der Waals surface area contributed by atoms with Gasteiger partial charge < -0.3 is 10.4 Å². The normalized spacial score (nSPS) is 26.6. The van der Waals surface area contributed by atoms with Crippen molar-refractivity contribution >= 4 is 11.8 Å². The summed E-state index contributed by atoms with van der Waals surface area (Å²) in [5.41, 5.74) is -0.0755. The van der Waals surface area contributed by atoms with Crippen molar-refractivity contribution in [2.75, 3.05) is 6.54 Å². The van der Waals surface area contributed by atoms with Gasteiger partial charge in [-0.1, -0.05) is 6.42 Å². The van der Waals surface area contributed by atoms with Crippen molar-refractivity contribution in [1.82, 2.24) is 5.32 Å². The molecule has 0 heterocycles. The fraction of sp³-hybridized carbons (Fsp3) is 0.636. The van der Waals surface area contributed by atoms with Gasteiger partial charge in [-0.25, -0.2) is 0 Å². The van der Waals surface area contributed by atoms with E-state index >= 15 is 0 Å². The fourth-order valence-corrected chi connectivity index (χ4v) is 2.79. The number of halogens is 3. The largest absolute Gasteiger partial charge is 0.480 e. The molecule has 2 N–H and O–H groups in total. The topological polar surface area (TPSA) is 66.4 Å². The number of hydrogen-bond acceptors (Lipinski definition) is 3. The number of Topliss-reactive ketones (excluding diaryl/α,β-unsaturated/α-hetero) is 1. The smallest absolute Gasteiger partial charge is 0.454 e. The van der Waals surface area contributed by atoms with E-state index in [2.05, 4.69) is 5.32 Å². The zero-order valence-corrected chi connectivity index (χ0v) is 9.38. The molecule has 0 spiro atoms. The van der Waals surface area contributed by atoms with Crippen LogP contribution < -0.4 is 5.32 Å². The second kappa shape index (κ2) is 4.29. The third-order valence-corrected chi connectivity index (χ3v) is 3.48. The molecule has 2 aliphatic rings. The van der Waals surface area contributed by atoms with E-state index < -0.39 is 24.5 Å². The number of carbonyl (C=O) groups excluding carboxylic acids is 1. The maximum atomic E-state index is 12.4. The van der Waals surface area contributed by atoms with E-state index in [4.69, 9.17) is 5.11 Å². The van der Waals surface area contributed by atoms with Crippen LogP contribution in [0.3, 0.4) is 0 Å². The predicted octanol–water partition coefficient (Wildman–Crippen LogP) is 1.48. The number of rotatable bonds is 4.